The van der Waals surface area contributed by atoms with Crippen molar-refractivity contribution in [1.82, 2.24) is 4.57 Å². The Morgan fingerprint density at radius 1 is 1.04 bits per heavy atom. The SMILES string of the molecule is Cc1cccc(NC(=O)c2cccn(Cc3ccccc3Cl)c2=O)c1C. The van der Waals surface area contributed by atoms with Gasteiger partial charge in [0, 0.05) is 16.9 Å². The quantitative estimate of drug-likeness (QED) is 0.743. The molecule has 1 aromatic heterocycles. The number of benzene rings is 2. The first kappa shape index (κ1) is 18.0. The van der Waals surface area contributed by atoms with Gasteiger partial charge in [0.25, 0.3) is 11.5 Å². The fourth-order valence-electron chi connectivity index (χ4n) is 2.72. The van der Waals surface area contributed by atoms with Crippen LogP contribution in [0.3, 0.4) is 0 Å². The molecule has 0 saturated carbocycles. The molecule has 132 valence electrons. The molecule has 2 aromatic carbocycles. The van der Waals surface area contributed by atoms with Gasteiger partial charge < -0.3 is 9.88 Å². The number of carbonyl (C=O) groups excluding carboxylic acids is 1. The molecule has 26 heavy (non-hydrogen) atoms. The van der Waals surface area contributed by atoms with E-state index < -0.39 is 5.91 Å². The molecule has 1 N–H and O–H groups in total. The number of halogens is 1. The molecular formula is C21H19ClN2O2. The Bertz CT molecular complexity index is 1020. The Labute approximate surface area is 157 Å². The van der Waals surface area contributed by atoms with Gasteiger partial charge >= 0.3 is 0 Å². The largest absolute Gasteiger partial charge is 0.322 e. The first-order chi connectivity index (χ1) is 12.5. The molecule has 0 saturated heterocycles. The van der Waals surface area contributed by atoms with E-state index in [1.807, 2.05) is 50.2 Å². The van der Waals surface area contributed by atoms with E-state index in [4.69, 9.17) is 11.6 Å². The van der Waals surface area contributed by atoms with Crippen molar-refractivity contribution < 1.29 is 4.79 Å². The Hall–Kier alpha value is -2.85. The molecule has 1 heterocycles. The summed E-state index contributed by atoms with van der Waals surface area (Å²) in [6, 6.07) is 16.2. The number of amides is 1. The Morgan fingerprint density at radius 2 is 1.81 bits per heavy atom. The zero-order valence-electron chi connectivity index (χ0n) is 14.6. The van der Waals surface area contributed by atoms with Crippen molar-refractivity contribution in [3.05, 3.63) is 98.4 Å². The maximum absolute atomic E-state index is 12.7. The third-order valence-corrected chi connectivity index (χ3v) is 4.78. The van der Waals surface area contributed by atoms with E-state index in [1.165, 1.54) is 10.6 Å². The van der Waals surface area contributed by atoms with E-state index in [2.05, 4.69) is 5.32 Å². The van der Waals surface area contributed by atoms with Crippen LogP contribution in [0.15, 0.2) is 65.6 Å². The van der Waals surface area contributed by atoms with Gasteiger partial charge in [0.05, 0.1) is 6.54 Å². The van der Waals surface area contributed by atoms with Crippen molar-refractivity contribution >= 4 is 23.2 Å². The molecule has 1 amide bonds. The normalized spacial score (nSPS) is 10.6. The lowest BCUT2D eigenvalue weighted by Gasteiger charge is -2.12. The number of anilines is 1. The summed E-state index contributed by atoms with van der Waals surface area (Å²) < 4.78 is 1.49. The summed E-state index contributed by atoms with van der Waals surface area (Å²) in [4.78, 5) is 25.3. The highest BCUT2D eigenvalue weighted by Crippen LogP contribution is 2.19. The van der Waals surface area contributed by atoms with Crippen LogP contribution in [0.25, 0.3) is 0 Å². The second kappa shape index (κ2) is 7.58. The van der Waals surface area contributed by atoms with E-state index in [0.717, 1.165) is 16.7 Å². The van der Waals surface area contributed by atoms with E-state index in [0.29, 0.717) is 17.3 Å². The second-order valence-electron chi connectivity index (χ2n) is 6.15. The molecule has 0 atom stereocenters. The van der Waals surface area contributed by atoms with E-state index in [-0.39, 0.29) is 11.1 Å². The molecule has 5 heteroatoms. The molecule has 0 aliphatic rings. The number of hydrogen-bond acceptors (Lipinski definition) is 2. The molecule has 0 bridgehead atoms. The molecule has 3 rings (SSSR count). The summed E-state index contributed by atoms with van der Waals surface area (Å²) in [6.45, 7) is 4.22. The molecule has 0 fully saturated rings. The minimum absolute atomic E-state index is 0.0976. The summed E-state index contributed by atoms with van der Waals surface area (Å²) in [5, 5.41) is 3.42. The molecule has 0 aliphatic heterocycles. The highest BCUT2D eigenvalue weighted by Gasteiger charge is 2.14. The van der Waals surface area contributed by atoms with E-state index >= 15 is 0 Å². The molecular weight excluding hydrogens is 348 g/mol. The number of hydrogen-bond donors (Lipinski definition) is 1. The smallest absolute Gasteiger partial charge is 0.263 e. The lowest BCUT2D eigenvalue weighted by Crippen LogP contribution is -2.29. The van der Waals surface area contributed by atoms with Crippen molar-refractivity contribution in [2.75, 3.05) is 5.32 Å². The van der Waals surface area contributed by atoms with Crippen molar-refractivity contribution in [2.24, 2.45) is 0 Å². The van der Waals surface area contributed by atoms with E-state index in [1.54, 1.807) is 18.3 Å². The molecule has 0 aliphatic carbocycles. The highest BCUT2D eigenvalue weighted by atomic mass is 35.5. The van der Waals surface area contributed by atoms with Crippen LogP contribution in [0.4, 0.5) is 5.69 Å². The number of pyridine rings is 1. The average Bonchev–Trinajstić information content (AvgIpc) is 2.62. The minimum atomic E-state index is -0.419. The zero-order chi connectivity index (χ0) is 18.7. The van der Waals surface area contributed by atoms with Crippen LogP contribution >= 0.6 is 11.6 Å². The molecule has 3 aromatic rings. The Kier molecular flexibility index (Phi) is 5.24. The summed E-state index contributed by atoms with van der Waals surface area (Å²) in [6.07, 6.45) is 1.65. The summed E-state index contributed by atoms with van der Waals surface area (Å²) >= 11 is 6.17. The lowest BCUT2D eigenvalue weighted by atomic mass is 10.1. The van der Waals surface area contributed by atoms with Gasteiger partial charge in [-0.25, -0.2) is 0 Å². The van der Waals surface area contributed by atoms with Gasteiger partial charge in [-0.05, 0) is 54.8 Å². The van der Waals surface area contributed by atoms with Crippen molar-refractivity contribution in [3.8, 4) is 0 Å². The van der Waals surface area contributed by atoms with Crippen molar-refractivity contribution in [2.45, 2.75) is 20.4 Å². The average molecular weight is 367 g/mol. The molecule has 0 spiro atoms. The maximum atomic E-state index is 12.7. The maximum Gasteiger partial charge on any atom is 0.263 e. The van der Waals surface area contributed by atoms with Gasteiger partial charge in [0.15, 0.2) is 0 Å². The molecule has 0 radical (unpaired) electrons. The van der Waals surface area contributed by atoms with Gasteiger partial charge in [-0.3, -0.25) is 9.59 Å². The van der Waals surface area contributed by atoms with Crippen LogP contribution in [0.2, 0.25) is 5.02 Å². The second-order valence-corrected chi connectivity index (χ2v) is 6.56. The standard InChI is InChI=1S/C21H19ClN2O2/c1-14-7-5-11-19(15(14)2)23-20(25)17-9-6-12-24(21(17)26)13-16-8-3-4-10-18(16)22/h3-12H,13H2,1-2H3,(H,23,25). The zero-order valence-corrected chi connectivity index (χ0v) is 15.4. The number of carbonyl (C=O) groups is 1. The summed E-state index contributed by atoms with van der Waals surface area (Å²) in [5.74, 6) is -0.419. The number of nitrogens with zero attached hydrogens (tertiary/aromatic N) is 1. The topological polar surface area (TPSA) is 51.1 Å². The van der Waals surface area contributed by atoms with Gasteiger partial charge in [-0.1, -0.05) is 41.9 Å². The van der Waals surface area contributed by atoms with E-state index in [9.17, 15) is 9.59 Å². The van der Waals surface area contributed by atoms with Gasteiger partial charge in [-0.15, -0.1) is 0 Å². The fraction of sp³-hybridized carbons (Fsp3) is 0.143. The number of nitrogens with one attached hydrogen (secondary N) is 1. The van der Waals surface area contributed by atoms with Crippen LogP contribution in [-0.4, -0.2) is 10.5 Å². The Morgan fingerprint density at radius 3 is 2.58 bits per heavy atom. The predicted octanol–water partition coefficient (Wildman–Crippen LogP) is 4.42. The van der Waals surface area contributed by atoms with Crippen LogP contribution in [0.5, 0.6) is 0 Å². The fourth-order valence-corrected chi connectivity index (χ4v) is 2.92. The van der Waals surface area contributed by atoms with Crippen LogP contribution in [-0.2, 0) is 6.54 Å². The summed E-state index contributed by atoms with van der Waals surface area (Å²) in [7, 11) is 0. The van der Waals surface area contributed by atoms with Crippen LogP contribution in [0, 0.1) is 13.8 Å². The predicted molar refractivity (Wildman–Crippen MR) is 105 cm³/mol. The molecule has 0 unspecified atom stereocenters. The third-order valence-electron chi connectivity index (χ3n) is 4.42. The van der Waals surface area contributed by atoms with Crippen LogP contribution in [0.1, 0.15) is 27.0 Å². The number of rotatable bonds is 4. The Balaban J connectivity index is 1.89. The van der Waals surface area contributed by atoms with Crippen LogP contribution < -0.4 is 10.9 Å². The first-order valence-corrected chi connectivity index (χ1v) is 8.65. The number of aromatic nitrogens is 1. The van der Waals surface area contributed by atoms with Gasteiger partial charge in [-0.2, -0.15) is 0 Å². The van der Waals surface area contributed by atoms with Crippen molar-refractivity contribution in [3.63, 3.8) is 0 Å². The van der Waals surface area contributed by atoms with Gasteiger partial charge in [0.2, 0.25) is 0 Å². The number of aryl methyl sites for hydroxylation is 1. The monoisotopic (exact) mass is 366 g/mol. The van der Waals surface area contributed by atoms with Crippen molar-refractivity contribution in [1.29, 1.82) is 0 Å². The van der Waals surface area contributed by atoms with Gasteiger partial charge in [0.1, 0.15) is 5.56 Å². The highest BCUT2D eigenvalue weighted by molar-refractivity contribution is 6.31. The lowest BCUT2D eigenvalue weighted by molar-refractivity contribution is 0.102. The minimum Gasteiger partial charge on any atom is -0.322 e. The first-order valence-electron chi connectivity index (χ1n) is 8.28. The third kappa shape index (κ3) is 3.70. The molecule has 4 nitrogen and oxygen atoms in total. The summed E-state index contributed by atoms with van der Waals surface area (Å²) in [5.41, 5.74) is 3.33.